The van der Waals surface area contributed by atoms with E-state index in [1.54, 1.807) is 0 Å². The van der Waals surface area contributed by atoms with Crippen LogP contribution in [-0.2, 0) is 5.54 Å². The van der Waals surface area contributed by atoms with Crippen molar-refractivity contribution < 1.29 is 4.52 Å². The van der Waals surface area contributed by atoms with Crippen molar-refractivity contribution >= 4 is 0 Å². The molecule has 4 heteroatoms. The van der Waals surface area contributed by atoms with Crippen LogP contribution in [0.3, 0.4) is 0 Å². The van der Waals surface area contributed by atoms with E-state index >= 15 is 0 Å². The zero-order chi connectivity index (χ0) is 9.47. The lowest BCUT2D eigenvalue weighted by atomic mass is 10.0. The highest BCUT2D eigenvalue weighted by molar-refractivity contribution is 5.07. The second-order valence-electron chi connectivity index (χ2n) is 4.00. The zero-order valence-corrected chi connectivity index (χ0v) is 8.08. The maximum atomic E-state index is 5.97. The molecule has 0 bridgehead atoms. The minimum Gasteiger partial charge on any atom is -0.337 e. The summed E-state index contributed by atoms with van der Waals surface area (Å²) in [5, 5.41) is 3.93. The van der Waals surface area contributed by atoms with Crippen molar-refractivity contribution in [1.29, 1.82) is 0 Å². The maximum absolute atomic E-state index is 5.97. The molecule has 2 N–H and O–H groups in total. The smallest absolute Gasteiger partial charge is 0.246 e. The standard InChI is InChI=1S/C9H15N3O/c1-3-9(2,10)8-11-7(12-13-8)6-4-5-6/h6H,3-5,10H2,1-2H3. The van der Waals surface area contributed by atoms with E-state index in [1.165, 1.54) is 12.8 Å². The van der Waals surface area contributed by atoms with Crippen molar-refractivity contribution in [3.05, 3.63) is 11.7 Å². The molecule has 2 rings (SSSR count). The first kappa shape index (κ1) is 8.69. The third-order valence-corrected chi connectivity index (χ3v) is 2.61. The minimum atomic E-state index is -0.472. The van der Waals surface area contributed by atoms with E-state index in [0.717, 1.165) is 12.2 Å². The molecule has 1 atom stereocenters. The SMILES string of the molecule is CCC(C)(N)c1nc(C2CC2)no1. The summed E-state index contributed by atoms with van der Waals surface area (Å²) in [5.74, 6) is 1.93. The van der Waals surface area contributed by atoms with Crippen molar-refractivity contribution in [2.45, 2.75) is 44.6 Å². The van der Waals surface area contributed by atoms with E-state index in [0.29, 0.717) is 11.8 Å². The third-order valence-electron chi connectivity index (χ3n) is 2.61. The monoisotopic (exact) mass is 181 g/mol. The van der Waals surface area contributed by atoms with Crippen LogP contribution < -0.4 is 5.73 Å². The lowest BCUT2D eigenvalue weighted by molar-refractivity contribution is 0.290. The van der Waals surface area contributed by atoms with Gasteiger partial charge in [0.1, 0.15) is 0 Å². The summed E-state index contributed by atoms with van der Waals surface area (Å²) in [6, 6.07) is 0. The number of aromatic nitrogens is 2. The molecule has 0 amide bonds. The molecule has 0 spiro atoms. The van der Waals surface area contributed by atoms with Gasteiger partial charge in [0.15, 0.2) is 5.82 Å². The van der Waals surface area contributed by atoms with Crippen molar-refractivity contribution in [2.24, 2.45) is 5.73 Å². The summed E-state index contributed by atoms with van der Waals surface area (Å²) in [6.45, 7) is 3.93. The molecule has 1 heterocycles. The summed E-state index contributed by atoms with van der Waals surface area (Å²) < 4.78 is 5.14. The molecule has 1 aromatic heterocycles. The summed E-state index contributed by atoms with van der Waals surface area (Å²) in [5.41, 5.74) is 5.50. The van der Waals surface area contributed by atoms with Crippen LogP contribution in [-0.4, -0.2) is 10.1 Å². The van der Waals surface area contributed by atoms with Gasteiger partial charge in [0.05, 0.1) is 5.54 Å². The second-order valence-corrected chi connectivity index (χ2v) is 4.00. The van der Waals surface area contributed by atoms with Crippen molar-refractivity contribution in [3.63, 3.8) is 0 Å². The number of nitrogens with two attached hydrogens (primary N) is 1. The van der Waals surface area contributed by atoms with Crippen LogP contribution in [0.15, 0.2) is 4.52 Å². The molecule has 1 aliphatic carbocycles. The Hall–Kier alpha value is -0.900. The molecular weight excluding hydrogens is 166 g/mol. The molecule has 0 aliphatic heterocycles. The zero-order valence-electron chi connectivity index (χ0n) is 8.08. The number of hydrogen-bond donors (Lipinski definition) is 1. The Morgan fingerprint density at radius 2 is 2.31 bits per heavy atom. The molecule has 0 saturated heterocycles. The number of rotatable bonds is 3. The normalized spacial score (nSPS) is 21.5. The van der Waals surface area contributed by atoms with Crippen LogP contribution in [0.25, 0.3) is 0 Å². The first-order chi connectivity index (χ1) is 6.13. The van der Waals surface area contributed by atoms with E-state index in [2.05, 4.69) is 10.1 Å². The van der Waals surface area contributed by atoms with Crippen LogP contribution in [0, 0.1) is 0 Å². The van der Waals surface area contributed by atoms with Gasteiger partial charge in [-0.3, -0.25) is 0 Å². The lowest BCUT2D eigenvalue weighted by Crippen LogP contribution is -2.32. The first-order valence-electron chi connectivity index (χ1n) is 4.76. The van der Waals surface area contributed by atoms with Crippen molar-refractivity contribution in [1.82, 2.24) is 10.1 Å². The Bertz CT molecular complexity index is 302. The van der Waals surface area contributed by atoms with E-state index in [4.69, 9.17) is 10.3 Å². The molecule has 0 radical (unpaired) electrons. The summed E-state index contributed by atoms with van der Waals surface area (Å²) in [7, 11) is 0. The molecule has 1 saturated carbocycles. The van der Waals surface area contributed by atoms with Crippen molar-refractivity contribution in [2.75, 3.05) is 0 Å². The van der Waals surface area contributed by atoms with Crippen LogP contribution in [0.4, 0.5) is 0 Å². The fourth-order valence-electron chi connectivity index (χ4n) is 1.13. The molecule has 0 aromatic carbocycles. The fourth-order valence-corrected chi connectivity index (χ4v) is 1.13. The molecule has 13 heavy (non-hydrogen) atoms. The quantitative estimate of drug-likeness (QED) is 0.768. The summed E-state index contributed by atoms with van der Waals surface area (Å²) in [6.07, 6.45) is 3.18. The number of nitrogens with zero attached hydrogens (tertiary/aromatic N) is 2. The molecular formula is C9H15N3O. The highest BCUT2D eigenvalue weighted by atomic mass is 16.5. The molecule has 1 fully saturated rings. The van der Waals surface area contributed by atoms with Gasteiger partial charge >= 0.3 is 0 Å². The maximum Gasteiger partial charge on any atom is 0.246 e. The second kappa shape index (κ2) is 2.80. The van der Waals surface area contributed by atoms with Gasteiger partial charge in [0.2, 0.25) is 5.89 Å². The molecule has 1 unspecified atom stereocenters. The third kappa shape index (κ3) is 1.58. The van der Waals surface area contributed by atoms with Crippen molar-refractivity contribution in [3.8, 4) is 0 Å². The topological polar surface area (TPSA) is 64.9 Å². The lowest BCUT2D eigenvalue weighted by Gasteiger charge is -2.16. The minimum absolute atomic E-state index is 0.472. The highest BCUT2D eigenvalue weighted by Gasteiger charge is 2.32. The molecule has 1 aliphatic rings. The Labute approximate surface area is 77.5 Å². The van der Waals surface area contributed by atoms with Gasteiger partial charge in [0.25, 0.3) is 0 Å². The Balaban J connectivity index is 2.20. The predicted molar refractivity (Wildman–Crippen MR) is 48.1 cm³/mol. The van der Waals surface area contributed by atoms with E-state index in [9.17, 15) is 0 Å². The fraction of sp³-hybridized carbons (Fsp3) is 0.778. The van der Waals surface area contributed by atoms with Gasteiger partial charge in [-0.25, -0.2) is 0 Å². The average Bonchev–Trinajstić information content (AvgIpc) is 2.83. The van der Waals surface area contributed by atoms with Gasteiger partial charge in [0, 0.05) is 5.92 Å². The van der Waals surface area contributed by atoms with Gasteiger partial charge in [-0.1, -0.05) is 12.1 Å². The summed E-state index contributed by atoms with van der Waals surface area (Å²) in [4.78, 5) is 4.31. The van der Waals surface area contributed by atoms with Gasteiger partial charge in [-0.2, -0.15) is 4.98 Å². The largest absolute Gasteiger partial charge is 0.337 e. The average molecular weight is 181 g/mol. The molecule has 4 nitrogen and oxygen atoms in total. The first-order valence-corrected chi connectivity index (χ1v) is 4.76. The Morgan fingerprint density at radius 3 is 2.85 bits per heavy atom. The van der Waals surface area contributed by atoms with E-state index in [-0.39, 0.29) is 0 Å². The van der Waals surface area contributed by atoms with Gasteiger partial charge < -0.3 is 10.3 Å². The molecule has 72 valence electrons. The Kier molecular flexibility index (Phi) is 1.87. The highest BCUT2D eigenvalue weighted by Crippen LogP contribution is 2.38. The molecule has 1 aromatic rings. The van der Waals surface area contributed by atoms with Gasteiger partial charge in [-0.15, -0.1) is 0 Å². The van der Waals surface area contributed by atoms with E-state index < -0.39 is 5.54 Å². The van der Waals surface area contributed by atoms with Crippen LogP contribution in [0.2, 0.25) is 0 Å². The summed E-state index contributed by atoms with van der Waals surface area (Å²) >= 11 is 0. The Morgan fingerprint density at radius 1 is 1.62 bits per heavy atom. The predicted octanol–water partition coefficient (Wildman–Crippen LogP) is 1.53. The van der Waals surface area contributed by atoms with Gasteiger partial charge in [-0.05, 0) is 26.2 Å². The van der Waals surface area contributed by atoms with E-state index in [1.807, 2.05) is 13.8 Å². The van der Waals surface area contributed by atoms with Crippen LogP contribution >= 0.6 is 0 Å². The van der Waals surface area contributed by atoms with Crippen LogP contribution in [0.1, 0.15) is 50.7 Å². The number of hydrogen-bond acceptors (Lipinski definition) is 4. The van der Waals surface area contributed by atoms with Crippen LogP contribution in [0.5, 0.6) is 0 Å².